The second-order valence-corrected chi connectivity index (χ2v) is 4.20. The Hall–Kier alpha value is -0.550. The fourth-order valence-corrected chi connectivity index (χ4v) is 2.09. The Morgan fingerprint density at radius 3 is 2.36 bits per heavy atom. The summed E-state index contributed by atoms with van der Waals surface area (Å²) in [6, 6.07) is 0. The SMILES string of the molecule is O=C1CSCC(=O)N1CCCCCO. The maximum Gasteiger partial charge on any atom is 0.239 e. The summed E-state index contributed by atoms with van der Waals surface area (Å²) in [7, 11) is 0. The molecular formula is C9H15NO3S. The molecule has 14 heavy (non-hydrogen) atoms. The Morgan fingerprint density at radius 2 is 1.79 bits per heavy atom. The number of aliphatic hydroxyl groups is 1. The summed E-state index contributed by atoms with van der Waals surface area (Å²) >= 11 is 1.38. The number of carbonyl (C=O) groups excluding carboxylic acids is 2. The van der Waals surface area contributed by atoms with Gasteiger partial charge in [0, 0.05) is 13.2 Å². The van der Waals surface area contributed by atoms with E-state index in [4.69, 9.17) is 5.11 Å². The van der Waals surface area contributed by atoms with Crippen LogP contribution in [0.15, 0.2) is 0 Å². The number of carbonyl (C=O) groups is 2. The fourth-order valence-electron chi connectivity index (χ4n) is 1.33. The van der Waals surface area contributed by atoms with Crippen LogP contribution >= 0.6 is 11.8 Å². The van der Waals surface area contributed by atoms with Crippen LogP contribution in [0.5, 0.6) is 0 Å². The Kier molecular flexibility index (Phi) is 4.97. The minimum absolute atomic E-state index is 0.0738. The van der Waals surface area contributed by atoms with E-state index in [0.717, 1.165) is 19.3 Å². The van der Waals surface area contributed by atoms with E-state index in [9.17, 15) is 9.59 Å². The van der Waals surface area contributed by atoms with Gasteiger partial charge in [0.2, 0.25) is 11.8 Å². The molecule has 0 spiro atoms. The van der Waals surface area contributed by atoms with E-state index in [1.165, 1.54) is 16.7 Å². The van der Waals surface area contributed by atoms with Gasteiger partial charge in [0.15, 0.2) is 0 Å². The summed E-state index contributed by atoms with van der Waals surface area (Å²) in [5.41, 5.74) is 0. The van der Waals surface area contributed by atoms with Crippen LogP contribution in [0.25, 0.3) is 0 Å². The first-order valence-electron chi connectivity index (χ1n) is 4.77. The van der Waals surface area contributed by atoms with Gasteiger partial charge in [-0.05, 0) is 19.3 Å². The predicted octanol–water partition coefficient (Wildman–Crippen LogP) is 0.251. The molecule has 2 amide bonds. The third kappa shape index (κ3) is 3.31. The quantitative estimate of drug-likeness (QED) is 0.530. The molecule has 0 saturated carbocycles. The lowest BCUT2D eigenvalue weighted by molar-refractivity contribution is -0.142. The van der Waals surface area contributed by atoms with Gasteiger partial charge in [0.25, 0.3) is 0 Å². The largest absolute Gasteiger partial charge is 0.396 e. The van der Waals surface area contributed by atoms with E-state index in [0.29, 0.717) is 18.1 Å². The molecule has 1 N–H and O–H groups in total. The van der Waals surface area contributed by atoms with E-state index in [1.807, 2.05) is 0 Å². The Labute approximate surface area is 87.7 Å². The molecule has 4 nitrogen and oxygen atoms in total. The van der Waals surface area contributed by atoms with Crippen molar-refractivity contribution in [2.45, 2.75) is 19.3 Å². The topological polar surface area (TPSA) is 57.6 Å². The van der Waals surface area contributed by atoms with Crippen LogP contribution < -0.4 is 0 Å². The van der Waals surface area contributed by atoms with Crippen molar-refractivity contribution in [3.8, 4) is 0 Å². The first-order valence-corrected chi connectivity index (χ1v) is 5.93. The molecule has 1 aliphatic rings. The highest BCUT2D eigenvalue weighted by Gasteiger charge is 2.25. The molecule has 1 aliphatic heterocycles. The van der Waals surface area contributed by atoms with E-state index in [-0.39, 0.29) is 18.4 Å². The maximum atomic E-state index is 11.3. The van der Waals surface area contributed by atoms with Crippen molar-refractivity contribution in [1.29, 1.82) is 0 Å². The zero-order chi connectivity index (χ0) is 10.4. The van der Waals surface area contributed by atoms with E-state index in [2.05, 4.69) is 0 Å². The number of amides is 2. The number of hydrogen-bond donors (Lipinski definition) is 1. The molecule has 0 aromatic heterocycles. The van der Waals surface area contributed by atoms with Crippen LogP contribution in [0.3, 0.4) is 0 Å². The van der Waals surface area contributed by atoms with Crippen LogP contribution in [0.1, 0.15) is 19.3 Å². The maximum absolute atomic E-state index is 11.3. The van der Waals surface area contributed by atoms with Crippen LogP contribution in [0, 0.1) is 0 Å². The molecule has 0 bridgehead atoms. The molecule has 0 unspecified atom stereocenters. The highest BCUT2D eigenvalue weighted by atomic mass is 32.2. The summed E-state index contributed by atoms with van der Waals surface area (Å²) in [6.07, 6.45) is 2.40. The van der Waals surface area contributed by atoms with Crippen molar-refractivity contribution in [1.82, 2.24) is 4.90 Å². The van der Waals surface area contributed by atoms with Gasteiger partial charge in [-0.15, -0.1) is 11.8 Å². The average molecular weight is 217 g/mol. The van der Waals surface area contributed by atoms with Gasteiger partial charge in [-0.1, -0.05) is 0 Å². The van der Waals surface area contributed by atoms with Crippen LogP contribution in [-0.2, 0) is 9.59 Å². The summed E-state index contributed by atoms with van der Waals surface area (Å²) in [5, 5.41) is 8.56. The standard InChI is InChI=1S/C9H15NO3S/c11-5-3-1-2-4-10-8(12)6-14-7-9(10)13/h11H,1-7H2. The molecule has 0 aliphatic carbocycles. The van der Waals surface area contributed by atoms with Crippen molar-refractivity contribution in [3.05, 3.63) is 0 Å². The number of aliphatic hydroxyl groups excluding tert-OH is 1. The van der Waals surface area contributed by atoms with Crippen LogP contribution in [-0.4, -0.2) is 46.5 Å². The number of imide groups is 1. The summed E-state index contributed by atoms with van der Waals surface area (Å²) in [4.78, 5) is 23.9. The second kappa shape index (κ2) is 6.03. The molecule has 0 radical (unpaired) electrons. The van der Waals surface area contributed by atoms with Gasteiger partial charge in [0.1, 0.15) is 0 Å². The van der Waals surface area contributed by atoms with Crippen LogP contribution in [0.2, 0.25) is 0 Å². The highest BCUT2D eigenvalue weighted by Crippen LogP contribution is 2.13. The monoisotopic (exact) mass is 217 g/mol. The summed E-state index contributed by atoms with van der Waals surface area (Å²) in [6.45, 7) is 0.690. The summed E-state index contributed by atoms with van der Waals surface area (Å²) < 4.78 is 0. The lowest BCUT2D eigenvalue weighted by atomic mass is 10.2. The van der Waals surface area contributed by atoms with Crippen molar-refractivity contribution >= 4 is 23.6 Å². The number of nitrogens with zero attached hydrogens (tertiary/aromatic N) is 1. The molecule has 0 atom stereocenters. The minimum Gasteiger partial charge on any atom is -0.396 e. The second-order valence-electron chi connectivity index (χ2n) is 3.22. The molecule has 1 rings (SSSR count). The number of unbranched alkanes of at least 4 members (excludes halogenated alkanes) is 2. The van der Waals surface area contributed by atoms with Gasteiger partial charge in [-0.3, -0.25) is 14.5 Å². The van der Waals surface area contributed by atoms with E-state index >= 15 is 0 Å². The van der Waals surface area contributed by atoms with E-state index < -0.39 is 0 Å². The summed E-state index contributed by atoms with van der Waals surface area (Å²) in [5.74, 6) is 0.697. The van der Waals surface area contributed by atoms with Gasteiger partial charge in [-0.2, -0.15) is 0 Å². The van der Waals surface area contributed by atoms with Crippen molar-refractivity contribution in [2.24, 2.45) is 0 Å². The lowest BCUT2D eigenvalue weighted by Crippen LogP contribution is -2.43. The Balaban J connectivity index is 2.26. The first-order chi connectivity index (χ1) is 6.75. The molecule has 0 aromatic carbocycles. The number of thioether (sulfide) groups is 1. The average Bonchev–Trinajstić information content (AvgIpc) is 2.16. The lowest BCUT2D eigenvalue weighted by Gasteiger charge is -2.24. The molecule has 1 saturated heterocycles. The third-order valence-corrected chi connectivity index (χ3v) is 3.00. The zero-order valence-corrected chi connectivity index (χ0v) is 8.89. The molecule has 0 aromatic rings. The molecular weight excluding hydrogens is 202 g/mol. The van der Waals surface area contributed by atoms with Crippen LogP contribution in [0.4, 0.5) is 0 Å². The highest BCUT2D eigenvalue weighted by molar-refractivity contribution is 8.00. The third-order valence-electron chi connectivity index (χ3n) is 2.09. The molecule has 1 fully saturated rings. The van der Waals surface area contributed by atoms with Crippen molar-refractivity contribution in [3.63, 3.8) is 0 Å². The van der Waals surface area contributed by atoms with Crippen molar-refractivity contribution in [2.75, 3.05) is 24.7 Å². The van der Waals surface area contributed by atoms with Gasteiger partial charge in [-0.25, -0.2) is 0 Å². The number of rotatable bonds is 5. The smallest absolute Gasteiger partial charge is 0.239 e. The first kappa shape index (κ1) is 11.5. The number of hydrogen-bond acceptors (Lipinski definition) is 4. The Morgan fingerprint density at radius 1 is 1.14 bits per heavy atom. The van der Waals surface area contributed by atoms with Gasteiger partial charge in [0.05, 0.1) is 11.5 Å². The Bertz CT molecular complexity index is 204. The predicted molar refractivity (Wildman–Crippen MR) is 55.0 cm³/mol. The molecule has 80 valence electrons. The normalized spacial score (nSPS) is 17.6. The van der Waals surface area contributed by atoms with Gasteiger partial charge < -0.3 is 5.11 Å². The zero-order valence-electron chi connectivity index (χ0n) is 8.07. The van der Waals surface area contributed by atoms with Gasteiger partial charge >= 0.3 is 0 Å². The molecule has 5 heteroatoms. The fraction of sp³-hybridized carbons (Fsp3) is 0.778. The minimum atomic E-state index is -0.0738. The van der Waals surface area contributed by atoms with E-state index in [1.54, 1.807) is 0 Å². The van der Waals surface area contributed by atoms with Crippen molar-refractivity contribution < 1.29 is 14.7 Å². The molecule has 1 heterocycles.